The Balaban J connectivity index is 3.05. The molecule has 0 spiro atoms. The molecule has 6 heteroatoms. The van der Waals surface area contributed by atoms with Crippen molar-refractivity contribution in [3.05, 3.63) is 45.5 Å². The van der Waals surface area contributed by atoms with Crippen LogP contribution < -0.4 is 5.32 Å². The maximum Gasteiger partial charge on any atom is 0.270 e. The van der Waals surface area contributed by atoms with Gasteiger partial charge in [-0.3, -0.25) is 14.9 Å². The Morgan fingerprint density at radius 3 is 2.74 bits per heavy atom. The number of nitriles is 1. The highest BCUT2D eigenvalue weighted by molar-refractivity contribution is 6.01. The van der Waals surface area contributed by atoms with Crippen LogP contribution in [-0.4, -0.2) is 16.9 Å². The van der Waals surface area contributed by atoms with E-state index in [1.54, 1.807) is 26.0 Å². The van der Waals surface area contributed by atoms with Gasteiger partial charge in [-0.25, -0.2) is 0 Å². The van der Waals surface area contributed by atoms with Gasteiger partial charge in [0.25, 0.3) is 11.6 Å². The van der Waals surface area contributed by atoms with Crippen LogP contribution in [0.25, 0.3) is 6.08 Å². The largest absolute Gasteiger partial charge is 0.349 e. The Labute approximate surface area is 110 Å². The molecule has 0 heterocycles. The molecule has 1 amide bonds. The number of nitrogens with zero attached hydrogens (tertiary/aromatic N) is 2. The summed E-state index contributed by atoms with van der Waals surface area (Å²) in [5.41, 5.74) is 0.258. The summed E-state index contributed by atoms with van der Waals surface area (Å²) in [4.78, 5) is 21.8. The first kappa shape index (κ1) is 14.4. The Hall–Kier alpha value is -2.68. The molecule has 0 radical (unpaired) electrons. The molecule has 19 heavy (non-hydrogen) atoms. The van der Waals surface area contributed by atoms with Crippen LogP contribution in [0.2, 0.25) is 0 Å². The van der Waals surface area contributed by atoms with E-state index in [1.165, 1.54) is 24.3 Å². The summed E-state index contributed by atoms with van der Waals surface area (Å²) in [5, 5.41) is 22.2. The van der Waals surface area contributed by atoms with Gasteiger partial charge in [0, 0.05) is 18.2 Å². The summed E-state index contributed by atoms with van der Waals surface area (Å²) < 4.78 is 0. The molecule has 0 atom stereocenters. The third kappa shape index (κ3) is 4.24. The number of nitro benzene ring substituents is 1. The van der Waals surface area contributed by atoms with E-state index in [0.717, 1.165) is 0 Å². The van der Waals surface area contributed by atoms with E-state index in [-0.39, 0.29) is 17.3 Å². The monoisotopic (exact) mass is 259 g/mol. The number of carbonyl (C=O) groups is 1. The molecule has 0 aliphatic heterocycles. The van der Waals surface area contributed by atoms with E-state index in [1.807, 2.05) is 0 Å². The normalized spacial score (nSPS) is 10.9. The SMILES string of the molecule is CC(C)NC(=O)/C(C#N)=C\c1cccc([N+](=O)[O-])c1. The molecular weight excluding hydrogens is 246 g/mol. The molecule has 6 nitrogen and oxygen atoms in total. The van der Waals surface area contributed by atoms with Crippen LogP contribution in [0.1, 0.15) is 19.4 Å². The van der Waals surface area contributed by atoms with Crippen molar-refractivity contribution in [1.82, 2.24) is 5.32 Å². The van der Waals surface area contributed by atoms with E-state index >= 15 is 0 Å². The fourth-order valence-electron chi connectivity index (χ4n) is 1.38. The van der Waals surface area contributed by atoms with Gasteiger partial charge in [-0.15, -0.1) is 0 Å². The highest BCUT2D eigenvalue weighted by Crippen LogP contribution is 2.15. The molecule has 0 aliphatic rings. The molecule has 98 valence electrons. The zero-order chi connectivity index (χ0) is 14.4. The van der Waals surface area contributed by atoms with Gasteiger partial charge in [0.15, 0.2) is 0 Å². The molecule has 0 aliphatic carbocycles. The molecular formula is C13H13N3O3. The van der Waals surface area contributed by atoms with Crippen molar-refractivity contribution < 1.29 is 9.72 Å². The maximum absolute atomic E-state index is 11.7. The number of carbonyl (C=O) groups excluding carboxylic acids is 1. The van der Waals surface area contributed by atoms with Crippen LogP contribution in [0.3, 0.4) is 0 Å². The maximum atomic E-state index is 11.7. The van der Waals surface area contributed by atoms with Crippen molar-refractivity contribution in [2.45, 2.75) is 19.9 Å². The van der Waals surface area contributed by atoms with Crippen LogP contribution in [0.5, 0.6) is 0 Å². The van der Waals surface area contributed by atoms with Gasteiger partial charge in [-0.05, 0) is 25.5 Å². The molecule has 0 saturated heterocycles. The van der Waals surface area contributed by atoms with Crippen molar-refractivity contribution in [3.8, 4) is 6.07 Å². The molecule has 1 N–H and O–H groups in total. The fourth-order valence-corrected chi connectivity index (χ4v) is 1.38. The van der Waals surface area contributed by atoms with E-state index in [2.05, 4.69) is 5.32 Å². The molecule has 1 rings (SSSR count). The lowest BCUT2D eigenvalue weighted by molar-refractivity contribution is -0.384. The first-order valence-electron chi connectivity index (χ1n) is 5.61. The lowest BCUT2D eigenvalue weighted by Gasteiger charge is -2.06. The summed E-state index contributed by atoms with van der Waals surface area (Å²) in [6, 6.07) is 7.43. The lowest BCUT2D eigenvalue weighted by atomic mass is 10.1. The first-order valence-corrected chi connectivity index (χ1v) is 5.61. The third-order valence-corrected chi connectivity index (χ3v) is 2.18. The van der Waals surface area contributed by atoms with Gasteiger partial charge < -0.3 is 5.32 Å². The van der Waals surface area contributed by atoms with Gasteiger partial charge in [0.2, 0.25) is 0 Å². The number of benzene rings is 1. The number of nitrogens with one attached hydrogen (secondary N) is 1. The molecule has 1 aromatic rings. The minimum absolute atomic E-state index is 0.0877. The standard InChI is InChI=1S/C13H13N3O3/c1-9(2)15-13(17)11(8-14)6-10-4-3-5-12(7-10)16(18)19/h3-7,9H,1-2H3,(H,15,17)/b11-6-. The second kappa shape index (κ2) is 6.31. The molecule has 0 fully saturated rings. The highest BCUT2D eigenvalue weighted by Gasteiger charge is 2.11. The van der Waals surface area contributed by atoms with E-state index in [0.29, 0.717) is 5.56 Å². The number of non-ortho nitro benzene ring substituents is 1. The summed E-state index contributed by atoms with van der Waals surface area (Å²) in [5.74, 6) is -0.496. The van der Waals surface area contributed by atoms with Crippen LogP contribution in [0.4, 0.5) is 5.69 Å². The predicted octanol–water partition coefficient (Wildman–Crippen LogP) is 2.03. The molecule has 1 aromatic carbocycles. The average molecular weight is 259 g/mol. The van der Waals surface area contributed by atoms with Gasteiger partial charge in [-0.1, -0.05) is 12.1 Å². The lowest BCUT2D eigenvalue weighted by Crippen LogP contribution is -2.30. The minimum atomic E-state index is -0.530. The zero-order valence-electron chi connectivity index (χ0n) is 10.6. The third-order valence-electron chi connectivity index (χ3n) is 2.18. The number of rotatable bonds is 4. The van der Waals surface area contributed by atoms with E-state index in [4.69, 9.17) is 5.26 Å². The van der Waals surface area contributed by atoms with E-state index in [9.17, 15) is 14.9 Å². The topological polar surface area (TPSA) is 96.0 Å². The second-order valence-electron chi connectivity index (χ2n) is 4.15. The van der Waals surface area contributed by atoms with Gasteiger partial charge in [0.05, 0.1) is 4.92 Å². The van der Waals surface area contributed by atoms with Crippen molar-refractivity contribution in [1.29, 1.82) is 5.26 Å². The summed E-state index contributed by atoms with van der Waals surface area (Å²) in [6.07, 6.45) is 1.32. The number of hydrogen-bond acceptors (Lipinski definition) is 4. The summed E-state index contributed by atoms with van der Waals surface area (Å²) in [6.45, 7) is 3.56. The van der Waals surface area contributed by atoms with Crippen molar-refractivity contribution in [2.75, 3.05) is 0 Å². The average Bonchev–Trinajstić information content (AvgIpc) is 2.35. The Bertz CT molecular complexity index is 571. The van der Waals surface area contributed by atoms with Gasteiger partial charge in [-0.2, -0.15) is 5.26 Å². The number of amides is 1. The Kier molecular flexibility index (Phi) is 4.77. The first-order chi connectivity index (χ1) is 8.93. The van der Waals surface area contributed by atoms with Crippen molar-refractivity contribution in [2.24, 2.45) is 0 Å². The molecule has 0 saturated carbocycles. The van der Waals surface area contributed by atoms with Crippen LogP contribution in [0, 0.1) is 21.4 Å². The van der Waals surface area contributed by atoms with Gasteiger partial charge in [0.1, 0.15) is 11.6 Å². The predicted molar refractivity (Wildman–Crippen MR) is 70.0 cm³/mol. The smallest absolute Gasteiger partial charge is 0.270 e. The quantitative estimate of drug-likeness (QED) is 0.387. The van der Waals surface area contributed by atoms with E-state index < -0.39 is 10.8 Å². The highest BCUT2D eigenvalue weighted by atomic mass is 16.6. The summed E-state index contributed by atoms with van der Waals surface area (Å²) >= 11 is 0. The zero-order valence-corrected chi connectivity index (χ0v) is 10.6. The Morgan fingerprint density at radius 1 is 1.53 bits per heavy atom. The molecule has 0 bridgehead atoms. The minimum Gasteiger partial charge on any atom is -0.349 e. The number of nitro groups is 1. The van der Waals surface area contributed by atoms with Crippen molar-refractivity contribution in [3.63, 3.8) is 0 Å². The molecule has 0 unspecified atom stereocenters. The van der Waals surface area contributed by atoms with Gasteiger partial charge >= 0.3 is 0 Å². The number of hydrogen-bond donors (Lipinski definition) is 1. The van der Waals surface area contributed by atoms with Crippen molar-refractivity contribution >= 4 is 17.7 Å². The Morgan fingerprint density at radius 2 is 2.21 bits per heavy atom. The molecule has 0 aromatic heterocycles. The van der Waals surface area contributed by atoms with Crippen LogP contribution >= 0.6 is 0 Å². The second-order valence-corrected chi connectivity index (χ2v) is 4.15. The van der Waals surface area contributed by atoms with Crippen LogP contribution in [0.15, 0.2) is 29.8 Å². The summed E-state index contributed by atoms with van der Waals surface area (Å²) in [7, 11) is 0. The van der Waals surface area contributed by atoms with Crippen LogP contribution in [-0.2, 0) is 4.79 Å². The fraction of sp³-hybridized carbons (Fsp3) is 0.231.